The molecule has 1 heterocycles. The van der Waals surface area contributed by atoms with Crippen LogP contribution in [0.25, 0.3) is 0 Å². The maximum absolute atomic E-state index is 11.5. The van der Waals surface area contributed by atoms with Crippen molar-refractivity contribution in [3.63, 3.8) is 0 Å². The Hall–Kier alpha value is -0.940. The predicted octanol–water partition coefficient (Wildman–Crippen LogP) is 4.00. The first kappa shape index (κ1) is 14.5. The molecule has 0 amide bonds. The van der Waals surface area contributed by atoms with E-state index < -0.39 is 0 Å². The molecule has 0 radical (unpaired) electrons. The van der Waals surface area contributed by atoms with Crippen LogP contribution >= 0.6 is 23.5 Å². The number of fused-ring (bicyclic) bond motifs is 1. The highest BCUT2D eigenvalue weighted by atomic mass is 32.2. The topological polar surface area (TPSA) is 38.7 Å². The van der Waals surface area contributed by atoms with Crippen molar-refractivity contribution < 1.29 is 9.53 Å². The Bertz CT molecular complexity index is 474. The number of carbonyl (C=O) groups is 1. The number of unbranched alkanes of at least 4 members (excludes halogenated alkanes) is 1. The minimum Gasteiger partial charge on any atom is -0.465 e. The quantitative estimate of drug-likeness (QED) is 0.608. The number of hydrogen-bond donors (Lipinski definition) is 0. The average Bonchev–Trinajstić information content (AvgIpc) is 2.45. The Balaban J connectivity index is 1.81. The zero-order chi connectivity index (χ0) is 13.5. The number of nitrogens with zero attached hydrogens (tertiary/aromatic N) is 1. The Morgan fingerprint density at radius 2 is 2.32 bits per heavy atom. The van der Waals surface area contributed by atoms with E-state index in [1.165, 1.54) is 17.3 Å². The van der Waals surface area contributed by atoms with Crippen LogP contribution in [-0.2, 0) is 15.3 Å². The van der Waals surface area contributed by atoms with E-state index in [4.69, 9.17) is 4.74 Å². The molecule has 1 aliphatic rings. The number of hydrogen-bond acceptors (Lipinski definition) is 5. The highest BCUT2D eigenvalue weighted by molar-refractivity contribution is 8.38. The molecule has 0 saturated heterocycles. The summed E-state index contributed by atoms with van der Waals surface area (Å²) in [6, 6.07) is 8.11. The van der Waals surface area contributed by atoms with E-state index in [9.17, 15) is 4.79 Å². The lowest BCUT2D eigenvalue weighted by Crippen LogP contribution is -2.10. The second-order valence-electron chi connectivity index (χ2n) is 4.16. The first-order valence-electron chi connectivity index (χ1n) is 6.37. The van der Waals surface area contributed by atoms with Gasteiger partial charge in [0.05, 0.1) is 18.0 Å². The minimum absolute atomic E-state index is 0.152. The number of ether oxygens (including phenoxy) is 1. The third-order valence-corrected chi connectivity index (χ3v) is 4.85. The molecule has 19 heavy (non-hydrogen) atoms. The summed E-state index contributed by atoms with van der Waals surface area (Å²) in [6.07, 6.45) is 1.97. The molecular weight excluding hydrogens is 278 g/mol. The molecule has 3 nitrogen and oxygen atoms in total. The van der Waals surface area contributed by atoms with Crippen LogP contribution in [0.1, 0.15) is 25.3 Å². The zero-order valence-electron chi connectivity index (χ0n) is 10.9. The molecule has 2 rings (SSSR count). The number of carbonyl (C=O) groups excluding carboxylic acids is 1. The molecule has 0 bridgehead atoms. The van der Waals surface area contributed by atoms with Gasteiger partial charge in [0.15, 0.2) is 0 Å². The minimum atomic E-state index is -0.152. The molecule has 102 valence electrons. The molecule has 0 aromatic heterocycles. The van der Waals surface area contributed by atoms with E-state index in [0.29, 0.717) is 12.4 Å². The van der Waals surface area contributed by atoms with Crippen molar-refractivity contribution >= 4 is 39.6 Å². The first-order chi connectivity index (χ1) is 9.29. The largest absolute Gasteiger partial charge is 0.465 e. The summed E-state index contributed by atoms with van der Waals surface area (Å²) < 4.78 is 6.07. The van der Waals surface area contributed by atoms with E-state index in [2.05, 4.69) is 18.0 Å². The summed E-state index contributed by atoms with van der Waals surface area (Å²) in [7, 11) is 0. The van der Waals surface area contributed by atoms with E-state index in [1.807, 2.05) is 18.2 Å². The number of esters is 1. The summed E-state index contributed by atoms with van der Waals surface area (Å²) in [6.45, 7) is 2.60. The molecule has 0 spiro atoms. The van der Waals surface area contributed by atoms with Gasteiger partial charge in [-0.2, -0.15) is 0 Å². The van der Waals surface area contributed by atoms with E-state index in [-0.39, 0.29) is 5.97 Å². The Morgan fingerprint density at radius 1 is 1.47 bits per heavy atom. The SMILES string of the molecule is CCCCOC(=O)CSC1=Nc2ccccc2CS1. The fraction of sp³-hybridized carbons (Fsp3) is 0.429. The van der Waals surface area contributed by atoms with Gasteiger partial charge in [0.2, 0.25) is 0 Å². The fourth-order valence-corrected chi connectivity index (χ4v) is 3.44. The smallest absolute Gasteiger partial charge is 0.316 e. The Morgan fingerprint density at radius 3 is 3.16 bits per heavy atom. The molecule has 0 fully saturated rings. The summed E-state index contributed by atoms with van der Waals surface area (Å²) in [5, 5.41) is 0. The van der Waals surface area contributed by atoms with E-state index >= 15 is 0 Å². The third kappa shape index (κ3) is 4.58. The standard InChI is InChI=1S/C14H17NO2S2/c1-2-3-8-17-13(16)10-19-14-15-12-7-5-4-6-11(12)9-18-14/h4-7H,2-3,8-10H2,1H3. The second kappa shape index (κ2) is 7.60. The van der Waals surface area contributed by atoms with Gasteiger partial charge < -0.3 is 4.74 Å². The Labute approximate surface area is 122 Å². The monoisotopic (exact) mass is 295 g/mol. The number of para-hydroxylation sites is 1. The molecule has 1 aromatic carbocycles. The van der Waals surface area contributed by atoms with Gasteiger partial charge in [0.1, 0.15) is 4.38 Å². The van der Waals surface area contributed by atoms with Crippen LogP contribution in [-0.4, -0.2) is 22.7 Å². The fourth-order valence-electron chi connectivity index (χ4n) is 1.58. The lowest BCUT2D eigenvalue weighted by atomic mass is 10.2. The summed E-state index contributed by atoms with van der Waals surface area (Å²) in [4.78, 5) is 16.0. The van der Waals surface area contributed by atoms with Crippen LogP contribution in [0.4, 0.5) is 5.69 Å². The van der Waals surface area contributed by atoms with Crippen molar-refractivity contribution in [3.8, 4) is 0 Å². The Kier molecular flexibility index (Phi) is 5.79. The van der Waals surface area contributed by atoms with Gasteiger partial charge in [-0.1, -0.05) is 55.1 Å². The highest BCUT2D eigenvalue weighted by Crippen LogP contribution is 2.34. The van der Waals surface area contributed by atoms with Gasteiger partial charge in [-0.3, -0.25) is 4.79 Å². The van der Waals surface area contributed by atoms with Gasteiger partial charge in [-0.15, -0.1) is 0 Å². The van der Waals surface area contributed by atoms with Crippen LogP contribution in [0.3, 0.4) is 0 Å². The zero-order valence-corrected chi connectivity index (χ0v) is 12.6. The highest BCUT2D eigenvalue weighted by Gasteiger charge is 2.14. The van der Waals surface area contributed by atoms with Crippen LogP contribution in [0, 0.1) is 0 Å². The van der Waals surface area contributed by atoms with Gasteiger partial charge in [-0.05, 0) is 18.1 Å². The number of aliphatic imine (C=N–C) groups is 1. The van der Waals surface area contributed by atoms with Gasteiger partial charge in [-0.25, -0.2) is 4.99 Å². The van der Waals surface area contributed by atoms with Gasteiger partial charge in [0.25, 0.3) is 0 Å². The first-order valence-corrected chi connectivity index (χ1v) is 8.34. The van der Waals surface area contributed by atoms with Crippen molar-refractivity contribution in [2.75, 3.05) is 12.4 Å². The molecule has 0 atom stereocenters. The van der Waals surface area contributed by atoms with E-state index in [1.54, 1.807) is 11.8 Å². The van der Waals surface area contributed by atoms with Gasteiger partial charge in [0, 0.05) is 5.75 Å². The molecule has 0 N–H and O–H groups in total. The lowest BCUT2D eigenvalue weighted by molar-refractivity contribution is -0.140. The molecule has 0 saturated carbocycles. The summed E-state index contributed by atoms with van der Waals surface area (Å²) >= 11 is 3.15. The average molecular weight is 295 g/mol. The van der Waals surface area contributed by atoms with Crippen molar-refractivity contribution in [2.24, 2.45) is 4.99 Å². The van der Waals surface area contributed by atoms with Crippen LogP contribution in [0.15, 0.2) is 29.3 Å². The molecule has 5 heteroatoms. The molecular formula is C14H17NO2S2. The van der Waals surface area contributed by atoms with Crippen LogP contribution in [0.5, 0.6) is 0 Å². The second-order valence-corrected chi connectivity index (χ2v) is 6.34. The van der Waals surface area contributed by atoms with Crippen LogP contribution < -0.4 is 0 Å². The summed E-state index contributed by atoms with van der Waals surface area (Å²) in [5.74, 6) is 1.12. The van der Waals surface area contributed by atoms with Crippen molar-refractivity contribution in [3.05, 3.63) is 29.8 Å². The van der Waals surface area contributed by atoms with Crippen molar-refractivity contribution in [2.45, 2.75) is 25.5 Å². The molecule has 1 aliphatic heterocycles. The molecule has 0 unspecified atom stereocenters. The van der Waals surface area contributed by atoms with Crippen molar-refractivity contribution in [1.29, 1.82) is 0 Å². The number of thioether (sulfide) groups is 2. The number of benzene rings is 1. The maximum atomic E-state index is 11.5. The van der Waals surface area contributed by atoms with E-state index in [0.717, 1.165) is 28.7 Å². The summed E-state index contributed by atoms with van der Waals surface area (Å²) in [5.41, 5.74) is 2.27. The molecule has 1 aromatic rings. The van der Waals surface area contributed by atoms with Crippen molar-refractivity contribution in [1.82, 2.24) is 0 Å². The van der Waals surface area contributed by atoms with Gasteiger partial charge >= 0.3 is 5.97 Å². The predicted molar refractivity (Wildman–Crippen MR) is 83.2 cm³/mol. The lowest BCUT2D eigenvalue weighted by Gasteiger charge is -2.13. The molecule has 0 aliphatic carbocycles. The third-order valence-electron chi connectivity index (χ3n) is 2.63. The normalized spacial score (nSPS) is 13.6. The number of rotatable bonds is 5. The maximum Gasteiger partial charge on any atom is 0.316 e. The van der Waals surface area contributed by atoms with Crippen LogP contribution in [0.2, 0.25) is 0 Å².